The van der Waals surface area contributed by atoms with Crippen molar-refractivity contribution in [3.8, 4) is 5.75 Å². The summed E-state index contributed by atoms with van der Waals surface area (Å²) in [7, 11) is 0.804. The number of rotatable bonds is 3. The van der Waals surface area contributed by atoms with E-state index in [0.29, 0.717) is 5.75 Å². The Morgan fingerprint density at radius 2 is 1.73 bits per heavy atom. The number of benzene rings is 1. The van der Waals surface area contributed by atoms with Gasteiger partial charge in [0, 0.05) is 21.3 Å². The Morgan fingerprint density at radius 3 is 2.13 bits per heavy atom. The van der Waals surface area contributed by atoms with Gasteiger partial charge in [-0.25, -0.2) is 0 Å². The Hall–Kier alpha value is -0.830. The molecule has 0 N–H and O–H groups in total. The summed E-state index contributed by atoms with van der Waals surface area (Å²) in [6.45, 7) is 5.98. The van der Waals surface area contributed by atoms with Crippen LogP contribution in [0, 0.1) is 0 Å². The molecule has 1 unspecified atom stereocenters. The van der Waals surface area contributed by atoms with Crippen LogP contribution in [0.3, 0.4) is 0 Å². The summed E-state index contributed by atoms with van der Waals surface area (Å²) in [6.07, 6.45) is 0. The standard InChI is InChI=1S/C12H18O2S/c1-12(2,3)15(13)9-10-5-7-11(14-4)8-6-10/h5-8H,9H2,1-4H3. The van der Waals surface area contributed by atoms with E-state index in [1.54, 1.807) is 7.11 Å². The molecule has 1 atom stereocenters. The van der Waals surface area contributed by atoms with Crippen LogP contribution in [0.25, 0.3) is 0 Å². The van der Waals surface area contributed by atoms with E-state index in [0.717, 1.165) is 11.3 Å². The lowest BCUT2D eigenvalue weighted by molar-refractivity contribution is 0.414. The molecule has 2 nitrogen and oxygen atoms in total. The minimum atomic E-state index is -0.838. The molecule has 0 aliphatic heterocycles. The molecule has 1 rings (SSSR count). The van der Waals surface area contributed by atoms with Gasteiger partial charge in [0.05, 0.1) is 7.11 Å². The molecular weight excluding hydrogens is 208 g/mol. The van der Waals surface area contributed by atoms with Crippen molar-refractivity contribution in [3.05, 3.63) is 29.8 Å². The number of hydrogen-bond donors (Lipinski definition) is 0. The van der Waals surface area contributed by atoms with Gasteiger partial charge >= 0.3 is 0 Å². The highest BCUT2D eigenvalue weighted by Crippen LogP contribution is 2.18. The zero-order valence-electron chi connectivity index (χ0n) is 9.74. The summed E-state index contributed by atoms with van der Waals surface area (Å²) in [6, 6.07) is 7.72. The molecule has 0 heterocycles. The van der Waals surface area contributed by atoms with E-state index in [-0.39, 0.29) is 4.75 Å². The van der Waals surface area contributed by atoms with Gasteiger partial charge < -0.3 is 4.74 Å². The van der Waals surface area contributed by atoms with Crippen molar-refractivity contribution in [2.24, 2.45) is 0 Å². The van der Waals surface area contributed by atoms with Crippen LogP contribution in [0.1, 0.15) is 26.3 Å². The fourth-order valence-electron chi connectivity index (χ4n) is 1.09. The van der Waals surface area contributed by atoms with Crippen molar-refractivity contribution in [2.75, 3.05) is 7.11 Å². The number of hydrogen-bond acceptors (Lipinski definition) is 2. The van der Waals surface area contributed by atoms with Gasteiger partial charge in [-0.15, -0.1) is 0 Å². The molecule has 0 saturated heterocycles. The molecule has 0 amide bonds. The van der Waals surface area contributed by atoms with Crippen LogP contribution in [0.4, 0.5) is 0 Å². The molecule has 0 spiro atoms. The Bertz CT molecular complexity index is 336. The van der Waals surface area contributed by atoms with E-state index in [1.807, 2.05) is 45.0 Å². The monoisotopic (exact) mass is 226 g/mol. The van der Waals surface area contributed by atoms with Crippen LogP contribution < -0.4 is 4.74 Å². The minimum absolute atomic E-state index is 0.153. The lowest BCUT2D eigenvalue weighted by atomic mass is 10.2. The first-order valence-electron chi connectivity index (χ1n) is 4.95. The van der Waals surface area contributed by atoms with Gasteiger partial charge in [0.15, 0.2) is 0 Å². The van der Waals surface area contributed by atoms with Crippen molar-refractivity contribution in [1.29, 1.82) is 0 Å². The van der Waals surface area contributed by atoms with E-state index in [4.69, 9.17) is 4.74 Å². The van der Waals surface area contributed by atoms with Crippen molar-refractivity contribution in [1.82, 2.24) is 0 Å². The summed E-state index contributed by atoms with van der Waals surface area (Å²) in [5.74, 6) is 1.44. The molecule has 0 saturated carbocycles. The molecule has 0 radical (unpaired) electrons. The zero-order chi connectivity index (χ0) is 11.5. The van der Waals surface area contributed by atoms with Gasteiger partial charge in [-0.3, -0.25) is 4.21 Å². The molecule has 0 aliphatic rings. The highest BCUT2D eigenvalue weighted by Gasteiger charge is 2.19. The highest BCUT2D eigenvalue weighted by atomic mass is 32.2. The van der Waals surface area contributed by atoms with Crippen LogP contribution in [-0.2, 0) is 16.6 Å². The van der Waals surface area contributed by atoms with Crippen LogP contribution >= 0.6 is 0 Å². The highest BCUT2D eigenvalue weighted by molar-refractivity contribution is 7.85. The van der Waals surface area contributed by atoms with Gasteiger partial charge in [-0.2, -0.15) is 0 Å². The quantitative estimate of drug-likeness (QED) is 0.792. The van der Waals surface area contributed by atoms with Crippen molar-refractivity contribution < 1.29 is 8.95 Å². The SMILES string of the molecule is COc1ccc(CS(=O)C(C)(C)C)cc1. The van der Waals surface area contributed by atoms with Crippen molar-refractivity contribution in [2.45, 2.75) is 31.3 Å². The predicted octanol–water partition coefficient (Wildman–Crippen LogP) is 2.74. The molecule has 15 heavy (non-hydrogen) atoms. The largest absolute Gasteiger partial charge is 0.497 e. The third kappa shape index (κ3) is 3.67. The third-order valence-corrected chi connectivity index (χ3v) is 4.10. The Labute approximate surface area is 94.1 Å². The van der Waals surface area contributed by atoms with Crippen molar-refractivity contribution >= 4 is 10.8 Å². The molecule has 3 heteroatoms. The van der Waals surface area contributed by atoms with E-state index < -0.39 is 10.8 Å². The van der Waals surface area contributed by atoms with Gasteiger partial charge in [0.25, 0.3) is 0 Å². The summed E-state index contributed by atoms with van der Waals surface area (Å²) in [5.41, 5.74) is 1.09. The smallest absolute Gasteiger partial charge is 0.118 e. The summed E-state index contributed by atoms with van der Waals surface area (Å²) < 4.78 is 16.8. The third-order valence-electron chi connectivity index (χ3n) is 2.14. The van der Waals surface area contributed by atoms with Crippen molar-refractivity contribution in [3.63, 3.8) is 0 Å². The maximum atomic E-state index is 11.9. The second-order valence-electron chi connectivity index (χ2n) is 4.45. The van der Waals surface area contributed by atoms with E-state index in [9.17, 15) is 4.21 Å². The summed E-state index contributed by atoms with van der Waals surface area (Å²) in [5, 5.41) is 0. The molecule has 0 aliphatic carbocycles. The Morgan fingerprint density at radius 1 is 1.20 bits per heavy atom. The van der Waals surface area contributed by atoms with Gasteiger partial charge in [0.1, 0.15) is 5.75 Å². The van der Waals surface area contributed by atoms with Crippen LogP contribution in [-0.4, -0.2) is 16.1 Å². The lowest BCUT2D eigenvalue weighted by Crippen LogP contribution is -2.22. The van der Waals surface area contributed by atoms with E-state index >= 15 is 0 Å². The van der Waals surface area contributed by atoms with Gasteiger partial charge in [-0.1, -0.05) is 12.1 Å². The first kappa shape index (κ1) is 12.2. The Balaban J connectivity index is 2.70. The van der Waals surface area contributed by atoms with Gasteiger partial charge in [0.2, 0.25) is 0 Å². The lowest BCUT2D eigenvalue weighted by Gasteiger charge is -2.17. The number of methoxy groups -OCH3 is 1. The molecule has 0 fully saturated rings. The van der Waals surface area contributed by atoms with Gasteiger partial charge in [-0.05, 0) is 38.5 Å². The Kier molecular flexibility index (Phi) is 3.91. The van der Waals surface area contributed by atoms with Crippen LogP contribution in [0.15, 0.2) is 24.3 Å². The minimum Gasteiger partial charge on any atom is -0.497 e. The first-order chi connectivity index (χ1) is 6.93. The average molecular weight is 226 g/mol. The molecule has 84 valence electrons. The van der Waals surface area contributed by atoms with E-state index in [1.165, 1.54) is 0 Å². The molecule has 0 bridgehead atoms. The fraction of sp³-hybridized carbons (Fsp3) is 0.500. The normalized spacial score (nSPS) is 13.6. The average Bonchev–Trinajstić information content (AvgIpc) is 2.17. The molecular formula is C12H18O2S. The second kappa shape index (κ2) is 4.79. The summed E-state index contributed by atoms with van der Waals surface area (Å²) >= 11 is 0. The predicted molar refractivity (Wildman–Crippen MR) is 64.6 cm³/mol. The molecule has 1 aromatic rings. The van der Waals surface area contributed by atoms with E-state index in [2.05, 4.69) is 0 Å². The molecule has 0 aromatic heterocycles. The maximum absolute atomic E-state index is 11.9. The zero-order valence-corrected chi connectivity index (χ0v) is 10.6. The molecule has 1 aromatic carbocycles. The first-order valence-corrected chi connectivity index (χ1v) is 6.27. The topological polar surface area (TPSA) is 26.3 Å². The maximum Gasteiger partial charge on any atom is 0.118 e. The van der Waals surface area contributed by atoms with Crippen LogP contribution in [0.2, 0.25) is 0 Å². The summed E-state index contributed by atoms with van der Waals surface area (Å²) in [4.78, 5) is 0. The second-order valence-corrected chi connectivity index (χ2v) is 6.65. The fourth-order valence-corrected chi connectivity index (χ4v) is 2.02. The van der Waals surface area contributed by atoms with Crippen LogP contribution in [0.5, 0.6) is 5.75 Å². The number of ether oxygens (including phenoxy) is 1.